The van der Waals surface area contributed by atoms with Crippen LogP contribution in [0.1, 0.15) is 50.9 Å². The summed E-state index contributed by atoms with van der Waals surface area (Å²) in [4.78, 5) is 22.9. The summed E-state index contributed by atoms with van der Waals surface area (Å²) in [6, 6.07) is 5.37. The molecule has 3 heterocycles. The van der Waals surface area contributed by atoms with Crippen LogP contribution in [0.3, 0.4) is 0 Å². The van der Waals surface area contributed by atoms with Gasteiger partial charge in [-0.25, -0.2) is 14.6 Å². The SMILES string of the molecule is C=C(CC)C(=O)N1CCC(n2nc(C#Cc3cc(OC)cc(OC)c3)c3c(N)ncnc32)C1.CC. The Morgan fingerprint density at radius 3 is 2.49 bits per heavy atom. The maximum Gasteiger partial charge on any atom is 0.249 e. The Labute approximate surface area is 205 Å². The molecule has 35 heavy (non-hydrogen) atoms. The van der Waals surface area contributed by atoms with Crippen molar-refractivity contribution in [1.29, 1.82) is 0 Å². The van der Waals surface area contributed by atoms with Gasteiger partial charge in [0.15, 0.2) is 5.65 Å². The zero-order valence-electron chi connectivity index (χ0n) is 21.0. The number of likely N-dealkylation sites (tertiary alicyclic amines) is 1. The first-order valence-electron chi connectivity index (χ1n) is 11.7. The van der Waals surface area contributed by atoms with Crippen LogP contribution in [-0.2, 0) is 4.79 Å². The van der Waals surface area contributed by atoms with Crippen LogP contribution < -0.4 is 15.2 Å². The fourth-order valence-electron chi connectivity index (χ4n) is 3.85. The topological polar surface area (TPSA) is 108 Å². The number of nitrogen functional groups attached to an aromatic ring is 1. The van der Waals surface area contributed by atoms with Crippen LogP contribution in [-0.4, -0.2) is 57.9 Å². The summed E-state index contributed by atoms with van der Waals surface area (Å²) in [6.45, 7) is 11.0. The number of hydrogen-bond acceptors (Lipinski definition) is 7. The molecule has 0 spiro atoms. The summed E-state index contributed by atoms with van der Waals surface area (Å²) in [5.41, 5.74) is 8.57. The van der Waals surface area contributed by atoms with Crippen molar-refractivity contribution in [2.75, 3.05) is 33.0 Å². The lowest BCUT2D eigenvalue weighted by Gasteiger charge is -2.17. The van der Waals surface area contributed by atoms with Gasteiger partial charge in [-0.05, 0) is 30.9 Å². The molecule has 9 nitrogen and oxygen atoms in total. The van der Waals surface area contributed by atoms with E-state index in [2.05, 4.69) is 28.4 Å². The van der Waals surface area contributed by atoms with Crippen molar-refractivity contribution in [3.63, 3.8) is 0 Å². The smallest absolute Gasteiger partial charge is 0.249 e. The van der Waals surface area contributed by atoms with Crippen LogP contribution in [0.15, 0.2) is 36.7 Å². The molecule has 0 bridgehead atoms. The van der Waals surface area contributed by atoms with E-state index in [1.165, 1.54) is 6.33 Å². The molecule has 1 aliphatic heterocycles. The van der Waals surface area contributed by atoms with Crippen molar-refractivity contribution >= 4 is 22.8 Å². The average molecular weight is 477 g/mol. The number of rotatable bonds is 5. The Balaban J connectivity index is 0.00000167. The van der Waals surface area contributed by atoms with Crippen LogP contribution in [0.4, 0.5) is 5.82 Å². The van der Waals surface area contributed by atoms with Crippen molar-refractivity contribution in [2.45, 2.75) is 39.7 Å². The molecule has 1 saturated heterocycles. The van der Waals surface area contributed by atoms with Crippen LogP contribution in [0.25, 0.3) is 11.0 Å². The number of benzene rings is 1. The second-order valence-corrected chi connectivity index (χ2v) is 7.75. The Kier molecular flexibility index (Phi) is 8.31. The third-order valence-electron chi connectivity index (χ3n) is 5.72. The molecule has 2 N–H and O–H groups in total. The van der Waals surface area contributed by atoms with Gasteiger partial charge in [-0.2, -0.15) is 5.10 Å². The van der Waals surface area contributed by atoms with Crippen molar-refractivity contribution < 1.29 is 14.3 Å². The van der Waals surface area contributed by atoms with Crippen molar-refractivity contribution in [1.82, 2.24) is 24.6 Å². The number of ether oxygens (including phenoxy) is 2. The lowest BCUT2D eigenvalue weighted by molar-refractivity contribution is -0.126. The number of methoxy groups -OCH3 is 2. The number of aromatic nitrogens is 4. The molecule has 1 unspecified atom stereocenters. The van der Waals surface area contributed by atoms with E-state index in [4.69, 9.17) is 20.3 Å². The highest BCUT2D eigenvalue weighted by Gasteiger charge is 2.30. The third kappa shape index (κ3) is 5.38. The van der Waals surface area contributed by atoms with E-state index in [1.807, 2.05) is 42.5 Å². The number of nitrogens with two attached hydrogens (primary N) is 1. The molecule has 0 saturated carbocycles. The van der Waals surface area contributed by atoms with Gasteiger partial charge in [0.05, 0.1) is 25.6 Å². The van der Waals surface area contributed by atoms with Crippen LogP contribution in [0.5, 0.6) is 11.5 Å². The summed E-state index contributed by atoms with van der Waals surface area (Å²) in [6.07, 6.45) is 2.80. The largest absolute Gasteiger partial charge is 0.497 e. The molecule has 0 aliphatic carbocycles. The molecular formula is C26H32N6O3. The number of fused-ring (bicyclic) bond motifs is 1. The van der Waals surface area contributed by atoms with E-state index in [1.54, 1.807) is 20.3 Å². The number of anilines is 1. The standard InChI is InChI=1S/C24H26N6O3.C2H6/c1-5-15(2)24(31)29-9-8-17(13-29)30-23-21(22(25)26-14-27-23)20(28-30)7-6-16-10-18(32-3)12-19(11-16)33-4;1-2/h10-12,14,17H,2,5,8-9,13H2,1,3-4H3,(H2,25,26,27);1-2H3. The number of hydrogen-bond donors (Lipinski definition) is 1. The Bertz CT molecular complexity index is 1270. The summed E-state index contributed by atoms with van der Waals surface area (Å²) >= 11 is 0. The molecule has 2 aromatic heterocycles. The van der Waals surface area contributed by atoms with Gasteiger partial charge in [0.2, 0.25) is 5.91 Å². The summed E-state index contributed by atoms with van der Waals surface area (Å²) < 4.78 is 12.4. The highest BCUT2D eigenvalue weighted by molar-refractivity contribution is 5.93. The maximum atomic E-state index is 12.5. The van der Waals surface area contributed by atoms with Gasteiger partial charge < -0.3 is 20.1 Å². The average Bonchev–Trinajstić information content (AvgIpc) is 3.53. The highest BCUT2D eigenvalue weighted by atomic mass is 16.5. The second kappa shape index (κ2) is 11.4. The Morgan fingerprint density at radius 2 is 1.86 bits per heavy atom. The van der Waals surface area contributed by atoms with E-state index in [-0.39, 0.29) is 11.9 Å². The van der Waals surface area contributed by atoms with Gasteiger partial charge in [-0.15, -0.1) is 0 Å². The first-order valence-corrected chi connectivity index (χ1v) is 11.7. The van der Waals surface area contributed by atoms with Gasteiger partial charge in [-0.1, -0.05) is 33.3 Å². The summed E-state index contributed by atoms with van der Waals surface area (Å²) in [7, 11) is 3.18. The van der Waals surface area contributed by atoms with E-state index in [0.717, 1.165) is 6.42 Å². The van der Waals surface area contributed by atoms with Gasteiger partial charge in [-0.3, -0.25) is 4.79 Å². The van der Waals surface area contributed by atoms with E-state index >= 15 is 0 Å². The predicted molar refractivity (Wildman–Crippen MR) is 136 cm³/mol. The Hall–Kier alpha value is -4.06. The third-order valence-corrected chi connectivity index (χ3v) is 5.72. The van der Waals surface area contributed by atoms with Gasteiger partial charge in [0.1, 0.15) is 29.3 Å². The zero-order valence-corrected chi connectivity index (χ0v) is 21.0. The zero-order chi connectivity index (χ0) is 25.5. The first kappa shape index (κ1) is 25.6. The molecule has 9 heteroatoms. The van der Waals surface area contributed by atoms with Crippen molar-refractivity contribution in [2.24, 2.45) is 0 Å². The molecule has 184 valence electrons. The number of nitrogens with zero attached hydrogens (tertiary/aromatic N) is 5. The second-order valence-electron chi connectivity index (χ2n) is 7.75. The van der Waals surface area contributed by atoms with Gasteiger partial charge in [0.25, 0.3) is 0 Å². The lowest BCUT2D eigenvalue weighted by atomic mass is 10.2. The molecule has 1 amide bonds. The van der Waals surface area contributed by atoms with E-state index < -0.39 is 0 Å². The number of carbonyl (C=O) groups excluding carboxylic acids is 1. The molecule has 3 aromatic rings. The minimum atomic E-state index is -0.0390. The van der Waals surface area contributed by atoms with Crippen LogP contribution in [0, 0.1) is 11.8 Å². The highest BCUT2D eigenvalue weighted by Crippen LogP contribution is 2.29. The monoisotopic (exact) mass is 476 g/mol. The van der Waals surface area contributed by atoms with Crippen molar-refractivity contribution in [3.8, 4) is 23.3 Å². The molecule has 1 fully saturated rings. The summed E-state index contributed by atoms with van der Waals surface area (Å²) in [5.74, 6) is 7.79. The fourth-order valence-corrected chi connectivity index (χ4v) is 3.85. The van der Waals surface area contributed by atoms with E-state index in [0.29, 0.717) is 64.7 Å². The summed E-state index contributed by atoms with van der Waals surface area (Å²) in [5, 5.41) is 5.33. The molecule has 1 aliphatic rings. The van der Waals surface area contributed by atoms with Gasteiger partial charge in [0, 0.05) is 30.3 Å². The fraction of sp³-hybridized carbons (Fsp3) is 0.385. The molecule has 1 atom stereocenters. The number of carbonyl (C=O) groups is 1. The quantitative estimate of drug-likeness (QED) is 0.443. The van der Waals surface area contributed by atoms with Gasteiger partial charge >= 0.3 is 0 Å². The lowest BCUT2D eigenvalue weighted by Crippen LogP contribution is -2.30. The molecule has 1 aromatic carbocycles. The van der Waals surface area contributed by atoms with Crippen LogP contribution in [0.2, 0.25) is 0 Å². The Morgan fingerprint density at radius 1 is 1.17 bits per heavy atom. The minimum absolute atomic E-state index is 0.0161. The van der Waals surface area contributed by atoms with E-state index in [9.17, 15) is 4.79 Å². The first-order chi connectivity index (χ1) is 16.9. The number of amides is 1. The maximum absolute atomic E-state index is 12.5. The molecular weight excluding hydrogens is 444 g/mol. The minimum Gasteiger partial charge on any atom is -0.497 e. The predicted octanol–water partition coefficient (Wildman–Crippen LogP) is 3.59. The van der Waals surface area contributed by atoms with Crippen LogP contribution >= 0.6 is 0 Å². The molecule has 0 radical (unpaired) electrons. The molecule has 4 rings (SSSR count). The van der Waals surface area contributed by atoms with Crippen molar-refractivity contribution in [3.05, 3.63) is 47.9 Å². The normalized spacial score (nSPS) is 14.5.